The molecule has 1 fully saturated rings. The summed E-state index contributed by atoms with van der Waals surface area (Å²) in [5, 5.41) is 4.61. The third kappa shape index (κ3) is 5.11. The third-order valence-electron chi connectivity index (χ3n) is 5.60. The second-order valence-corrected chi connectivity index (χ2v) is 8.04. The summed E-state index contributed by atoms with van der Waals surface area (Å²) in [5.74, 6) is 2.40. The molecule has 0 spiro atoms. The molecule has 29 heavy (non-hydrogen) atoms. The van der Waals surface area contributed by atoms with Crippen molar-refractivity contribution in [1.82, 2.24) is 14.9 Å². The van der Waals surface area contributed by atoms with E-state index < -0.39 is 0 Å². The Morgan fingerprint density at radius 3 is 2.76 bits per heavy atom. The molecule has 2 heterocycles. The molecule has 0 aliphatic carbocycles. The molecule has 5 nitrogen and oxygen atoms in total. The maximum atomic E-state index is 5.37. The number of para-hydroxylation sites is 1. The first-order valence-electron chi connectivity index (χ1n) is 10.5. The van der Waals surface area contributed by atoms with Gasteiger partial charge in [-0.1, -0.05) is 42.0 Å². The maximum absolute atomic E-state index is 5.37. The highest BCUT2D eigenvalue weighted by molar-refractivity contribution is 5.88. The van der Waals surface area contributed by atoms with Crippen molar-refractivity contribution >= 4 is 16.7 Å². The number of ether oxygens (including phenoxy) is 1. The normalized spacial score (nSPS) is 17.5. The Morgan fingerprint density at radius 2 is 1.93 bits per heavy atom. The Labute approximate surface area is 173 Å². The van der Waals surface area contributed by atoms with Gasteiger partial charge in [0.05, 0.1) is 18.7 Å². The molecule has 152 valence electrons. The number of methoxy groups -OCH3 is 1. The second kappa shape index (κ2) is 9.33. The van der Waals surface area contributed by atoms with Crippen molar-refractivity contribution in [3.8, 4) is 0 Å². The largest absolute Gasteiger partial charge is 0.384 e. The number of rotatable bonds is 7. The van der Waals surface area contributed by atoms with E-state index in [1.165, 1.54) is 24.0 Å². The van der Waals surface area contributed by atoms with Crippen LogP contribution in [0.4, 0.5) is 5.82 Å². The van der Waals surface area contributed by atoms with Crippen LogP contribution in [0.5, 0.6) is 0 Å². The Bertz CT molecular complexity index is 939. The molecule has 2 aromatic carbocycles. The van der Waals surface area contributed by atoms with Gasteiger partial charge in [-0.2, -0.15) is 0 Å². The van der Waals surface area contributed by atoms with E-state index in [0.29, 0.717) is 5.92 Å². The highest BCUT2D eigenvalue weighted by Gasteiger charge is 2.21. The van der Waals surface area contributed by atoms with Crippen LogP contribution in [0.15, 0.2) is 48.5 Å². The van der Waals surface area contributed by atoms with Crippen LogP contribution in [0.3, 0.4) is 0 Å². The topological polar surface area (TPSA) is 50.3 Å². The van der Waals surface area contributed by atoms with Crippen molar-refractivity contribution < 1.29 is 4.74 Å². The van der Waals surface area contributed by atoms with Gasteiger partial charge < -0.3 is 10.1 Å². The fourth-order valence-electron chi connectivity index (χ4n) is 4.09. The second-order valence-electron chi connectivity index (χ2n) is 8.04. The molecule has 1 aromatic heterocycles. The lowest BCUT2D eigenvalue weighted by Gasteiger charge is -2.31. The molecule has 0 amide bonds. The van der Waals surface area contributed by atoms with Crippen LogP contribution in [0.2, 0.25) is 0 Å². The predicted molar refractivity (Wildman–Crippen MR) is 118 cm³/mol. The Hall–Kier alpha value is -2.50. The van der Waals surface area contributed by atoms with Gasteiger partial charge in [0.2, 0.25) is 0 Å². The summed E-state index contributed by atoms with van der Waals surface area (Å²) in [6.45, 7) is 6.63. The minimum Gasteiger partial charge on any atom is -0.384 e. The van der Waals surface area contributed by atoms with Crippen LogP contribution < -0.4 is 5.32 Å². The summed E-state index contributed by atoms with van der Waals surface area (Å²) in [5.41, 5.74) is 3.52. The van der Waals surface area contributed by atoms with E-state index in [0.717, 1.165) is 55.3 Å². The average molecular weight is 391 g/mol. The molecule has 1 unspecified atom stereocenters. The van der Waals surface area contributed by atoms with Crippen LogP contribution in [0, 0.1) is 12.8 Å². The molecule has 0 bridgehead atoms. The lowest BCUT2D eigenvalue weighted by atomic mass is 9.99. The van der Waals surface area contributed by atoms with Crippen molar-refractivity contribution in [1.29, 1.82) is 0 Å². The quantitative estimate of drug-likeness (QED) is 0.648. The zero-order valence-electron chi connectivity index (χ0n) is 17.4. The van der Waals surface area contributed by atoms with Gasteiger partial charge in [-0.25, -0.2) is 9.97 Å². The number of likely N-dealkylation sites (tertiary alicyclic amines) is 1. The van der Waals surface area contributed by atoms with Gasteiger partial charge in [-0.05, 0) is 49.9 Å². The number of nitrogens with one attached hydrogen (secondary N) is 1. The number of piperidine rings is 1. The van der Waals surface area contributed by atoms with Crippen LogP contribution in [0.1, 0.15) is 29.8 Å². The highest BCUT2D eigenvalue weighted by Crippen LogP contribution is 2.23. The smallest absolute Gasteiger partial charge is 0.145 e. The van der Waals surface area contributed by atoms with Crippen molar-refractivity contribution in [2.45, 2.75) is 32.9 Å². The third-order valence-corrected chi connectivity index (χ3v) is 5.60. The average Bonchev–Trinajstić information content (AvgIpc) is 2.74. The molecular weight excluding hydrogens is 360 g/mol. The summed E-state index contributed by atoms with van der Waals surface area (Å²) >= 11 is 0. The van der Waals surface area contributed by atoms with Crippen LogP contribution in [-0.2, 0) is 17.8 Å². The van der Waals surface area contributed by atoms with E-state index in [1.54, 1.807) is 7.11 Å². The van der Waals surface area contributed by atoms with E-state index >= 15 is 0 Å². The van der Waals surface area contributed by atoms with Gasteiger partial charge >= 0.3 is 0 Å². The van der Waals surface area contributed by atoms with Gasteiger partial charge in [0.1, 0.15) is 11.6 Å². The monoisotopic (exact) mass is 390 g/mol. The molecular formula is C24H30N4O. The predicted octanol–water partition coefficient (Wildman–Crippen LogP) is 4.41. The number of aryl methyl sites for hydroxylation is 1. The molecule has 0 saturated carbocycles. The Balaban J connectivity index is 1.53. The number of nitrogens with zero attached hydrogens (tertiary/aromatic N) is 3. The molecule has 1 atom stereocenters. The number of aromatic nitrogens is 2. The van der Waals surface area contributed by atoms with Gasteiger partial charge in [0.15, 0.2) is 0 Å². The first-order valence-corrected chi connectivity index (χ1v) is 10.5. The molecule has 4 rings (SSSR count). The molecule has 1 saturated heterocycles. The fourth-order valence-corrected chi connectivity index (χ4v) is 4.09. The van der Waals surface area contributed by atoms with Crippen LogP contribution >= 0.6 is 0 Å². The van der Waals surface area contributed by atoms with Crippen molar-refractivity contribution in [2.75, 3.05) is 32.1 Å². The van der Waals surface area contributed by atoms with E-state index in [-0.39, 0.29) is 0 Å². The Morgan fingerprint density at radius 1 is 1.10 bits per heavy atom. The fraction of sp³-hybridized carbons (Fsp3) is 0.417. The van der Waals surface area contributed by atoms with Gasteiger partial charge in [-0.15, -0.1) is 0 Å². The SMILES string of the molecule is COCC1CCCN(Cc2nc(NCc3ccc(C)cc3)c3ccccc3n2)C1. The van der Waals surface area contributed by atoms with Gasteiger partial charge in [-0.3, -0.25) is 4.90 Å². The summed E-state index contributed by atoms with van der Waals surface area (Å²) < 4.78 is 5.37. The minimum absolute atomic E-state index is 0.605. The number of hydrogen-bond acceptors (Lipinski definition) is 5. The summed E-state index contributed by atoms with van der Waals surface area (Å²) in [6.07, 6.45) is 2.45. The molecule has 3 aromatic rings. The van der Waals surface area contributed by atoms with E-state index in [2.05, 4.69) is 53.5 Å². The molecule has 1 N–H and O–H groups in total. The molecule has 1 aliphatic rings. The van der Waals surface area contributed by atoms with E-state index in [4.69, 9.17) is 14.7 Å². The molecule has 5 heteroatoms. The first-order chi connectivity index (χ1) is 14.2. The molecule has 0 radical (unpaired) electrons. The van der Waals surface area contributed by atoms with Crippen molar-refractivity contribution in [3.63, 3.8) is 0 Å². The van der Waals surface area contributed by atoms with Crippen LogP contribution in [0.25, 0.3) is 10.9 Å². The zero-order chi connectivity index (χ0) is 20.1. The van der Waals surface area contributed by atoms with E-state index in [9.17, 15) is 0 Å². The number of benzene rings is 2. The first kappa shape index (κ1) is 19.8. The number of hydrogen-bond donors (Lipinski definition) is 1. The highest BCUT2D eigenvalue weighted by atomic mass is 16.5. The zero-order valence-corrected chi connectivity index (χ0v) is 17.4. The van der Waals surface area contributed by atoms with Gasteiger partial charge in [0.25, 0.3) is 0 Å². The number of fused-ring (bicyclic) bond motifs is 1. The van der Waals surface area contributed by atoms with Gasteiger partial charge in [0, 0.05) is 25.6 Å². The lowest BCUT2D eigenvalue weighted by Crippen LogP contribution is -2.37. The lowest BCUT2D eigenvalue weighted by molar-refractivity contribution is 0.0862. The molecule has 1 aliphatic heterocycles. The maximum Gasteiger partial charge on any atom is 0.145 e. The van der Waals surface area contributed by atoms with Crippen molar-refractivity contribution in [3.05, 3.63) is 65.5 Å². The van der Waals surface area contributed by atoms with E-state index in [1.807, 2.05) is 12.1 Å². The van der Waals surface area contributed by atoms with Crippen molar-refractivity contribution in [2.24, 2.45) is 5.92 Å². The summed E-state index contributed by atoms with van der Waals surface area (Å²) in [6, 6.07) is 16.9. The summed E-state index contributed by atoms with van der Waals surface area (Å²) in [4.78, 5) is 12.2. The van der Waals surface area contributed by atoms with Crippen LogP contribution in [-0.4, -0.2) is 41.7 Å². The summed E-state index contributed by atoms with van der Waals surface area (Å²) in [7, 11) is 1.79. The number of anilines is 1. The Kier molecular flexibility index (Phi) is 6.37. The standard InChI is InChI=1S/C24H30N4O/c1-18-9-11-19(12-10-18)14-25-24-21-7-3-4-8-22(21)26-23(27-24)16-28-13-5-6-20(15-28)17-29-2/h3-4,7-12,20H,5-6,13-17H2,1-2H3,(H,25,26,27). The minimum atomic E-state index is 0.605.